The summed E-state index contributed by atoms with van der Waals surface area (Å²) in [5.74, 6) is 1.10. The summed E-state index contributed by atoms with van der Waals surface area (Å²) in [6.45, 7) is 23.7. The number of sulfonamides is 3. The fourth-order valence-electron chi connectivity index (χ4n) is 14.3. The molecule has 15 N–H and O–H groups in total. The van der Waals surface area contributed by atoms with Crippen molar-refractivity contribution in [1.82, 2.24) is 79.6 Å². The van der Waals surface area contributed by atoms with E-state index in [1.165, 1.54) is 67.9 Å². The van der Waals surface area contributed by atoms with Gasteiger partial charge in [-0.2, -0.15) is 20.4 Å². The monoisotopic (exact) mass is 2100 g/mol. The molecular weight excluding hydrogens is 1990 g/mol. The number of fused-ring (bicyclic) bond motifs is 2. The van der Waals surface area contributed by atoms with Gasteiger partial charge in [0.05, 0.1) is 71.2 Å². The lowest BCUT2D eigenvalue weighted by Gasteiger charge is -2.21. The van der Waals surface area contributed by atoms with E-state index in [4.69, 9.17) is 21.8 Å². The fraction of sp³-hybridized carbons (Fsp3) is 0.189. The summed E-state index contributed by atoms with van der Waals surface area (Å²) in [4.78, 5) is 108. The second kappa shape index (κ2) is 46.3. The Balaban J connectivity index is 0.000000158. The molecule has 7 aromatic heterocycles. The van der Waals surface area contributed by atoms with E-state index in [9.17, 15) is 58.8 Å². The molecular formula is C106H112ClN27O13S3. The van der Waals surface area contributed by atoms with Crippen molar-refractivity contribution < 1.29 is 58.8 Å². The number of rotatable bonds is 26. The number of likely N-dealkylation sites (N-methyl/N-ethyl adjacent to an activating group) is 2. The molecule has 0 aliphatic rings. The Bertz CT molecular complexity index is 8000. The molecule has 11 amide bonds. The van der Waals surface area contributed by atoms with E-state index in [0.29, 0.717) is 91.2 Å². The smallest absolute Gasteiger partial charge is 0.327 e. The number of nitrogens with one attached hydrogen (secondary N) is 15. The second-order valence-electron chi connectivity index (χ2n) is 38.1. The lowest BCUT2D eigenvalue weighted by atomic mass is 9.92. The maximum Gasteiger partial charge on any atom is 0.327 e. The summed E-state index contributed by atoms with van der Waals surface area (Å²) in [6.07, 6.45) is 4.69. The zero-order valence-electron chi connectivity index (χ0n) is 84.1. The molecule has 0 saturated heterocycles. The molecule has 44 heteroatoms. The van der Waals surface area contributed by atoms with E-state index in [-0.39, 0.29) is 55.0 Å². The molecule has 0 radical (unpaired) electrons. The zero-order chi connectivity index (χ0) is 108. The van der Waals surface area contributed by atoms with Crippen LogP contribution in [-0.4, -0.2) is 163 Å². The third-order valence-corrected chi connectivity index (χ3v) is 26.8. The Hall–Kier alpha value is -17.8. The number of aromatic amines is 2. The summed E-state index contributed by atoms with van der Waals surface area (Å²) in [5.41, 5.74) is 9.64. The number of hydrogen-bond acceptors (Lipinski definition) is 20. The third kappa shape index (κ3) is 28.7. The van der Waals surface area contributed by atoms with Crippen LogP contribution in [0.5, 0.6) is 0 Å². The molecule has 774 valence electrons. The molecule has 0 bridgehead atoms. The molecule has 40 nitrogen and oxygen atoms in total. The number of nitrogens with zero attached hydrogens (tertiary/aromatic N) is 12. The topological polar surface area (TPSA) is 523 Å². The quantitative estimate of drug-likeness (QED) is 0.0239. The van der Waals surface area contributed by atoms with Crippen molar-refractivity contribution in [3.8, 4) is 22.7 Å². The number of carbonyl (C=O) groups excluding carboxylic acids is 7. The van der Waals surface area contributed by atoms with Gasteiger partial charge in [-0.3, -0.25) is 60.5 Å². The van der Waals surface area contributed by atoms with Gasteiger partial charge in [-0.1, -0.05) is 161 Å². The lowest BCUT2D eigenvalue weighted by Crippen LogP contribution is -2.44. The number of amides is 11. The van der Waals surface area contributed by atoms with Gasteiger partial charge < -0.3 is 36.1 Å². The van der Waals surface area contributed by atoms with Crippen LogP contribution >= 0.6 is 11.6 Å². The maximum atomic E-state index is 13.2. The minimum absolute atomic E-state index is 0.101. The van der Waals surface area contributed by atoms with Crippen LogP contribution in [0.25, 0.3) is 44.7 Å². The fourth-order valence-corrected chi connectivity index (χ4v) is 17.6. The molecule has 17 rings (SSSR count). The Labute approximate surface area is 871 Å². The predicted molar refractivity (Wildman–Crippen MR) is 583 cm³/mol. The molecule has 0 unspecified atom stereocenters. The number of halogens is 1. The summed E-state index contributed by atoms with van der Waals surface area (Å²) in [5, 5.41) is 47.5. The molecule has 0 atom stereocenters. The average molecular weight is 2100 g/mol. The van der Waals surface area contributed by atoms with Crippen LogP contribution in [0.1, 0.15) is 116 Å². The Morgan fingerprint density at radius 2 is 0.713 bits per heavy atom. The molecule has 17 aromatic rings. The number of benzene rings is 10. The van der Waals surface area contributed by atoms with E-state index < -0.39 is 71.9 Å². The van der Waals surface area contributed by atoms with Gasteiger partial charge in [-0.05, 0) is 200 Å². The van der Waals surface area contributed by atoms with Crippen molar-refractivity contribution >= 4 is 169 Å². The van der Waals surface area contributed by atoms with E-state index in [0.717, 1.165) is 44.7 Å². The molecule has 0 aliphatic heterocycles. The highest BCUT2D eigenvalue weighted by Crippen LogP contribution is 2.35. The number of hydrogen-bond donors (Lipinski definition) is 15. The van der Waals surface area contributed by atoms with Crippen LogP contribution in [0.15, 0.2) is 325 Å². The molecule has 7 heterocycles. The minimum Gasteiger partial charge on any atom is -0.361 e. The van der Waals surface area contributed by atoms with Gasteiger partial charge >= 0.3 is 24.1 Å². The van der Waals surface area contributed by atoms with Crippen molar-refractivity contribution in [3.63, 3.8) is 0 Å². The number of carbonyl (C=O) groups is 7. The summed E-state index contributed by atoms with van der Waals surface area (Å²) in [7, 11) is -8.39. The molecule has 0 spiro atoms. The van der Waals surface area contributed by atoms with Crippen molar-refractivity contribution in [1.29, 1.82) is 0 Å². The first-order chi connectivity index (χ1) is 71.2. The molecule has 0 fully saturated rings. The minimum atomic E-state index is -3.78. The maximum absolute atomic E-state index is 13.2. The number of H-pyrrole nitrogens is 2. The number of aromatic nitrogens is 13. The average Bonchev–Trinajstić information content (AvgIpc) is 1.64. The number of imidazole rings is 1. The zero-order valence-corrected chi connectivity index (χ0v) is 87.3. The van der Waals surface area contributed by atoms with Crippen molar-refractivity contribution in [3.05, 3.63) is 343 Å². The van der Waals surface area contributed by atoms with E-state index >= 15 is 0 Å². The van der Waals surface area contributed by atoms with Gasteiger partial charge in [0.25, 0.3) is 36.0 Å². The lowest BCUT2D eigenvalue weighted by molar-refractivity contribution is -0.123. The van der Waals surface area contributed by atoms with Gasteiger partial charge in [-0.15, -0.1) is 0 Å². The molecule has 10 aromatic carbocycles. The van der Waals surface area contributed by atoms with Crippen LogP contribution in [0, 0.1) is 0 Å². The largest absolute Gasteiger partial charge is 0.361 e. The Morgan fingerprint density at radius 1 is 0.360 bits per heavy atom. The Kier molecular flexibility index (Phi) is 33.3. The van der Waals surface area contributed by atoms with Crippen molar-refractivity contribution in [2.24, 2.45) is 0 Å². The normalized spacial score (nSPS) is 11.6. The van der Waals surface area contributed by atoms with Crippen molar-refractivity contribution in [2.45, 2.75) is 119 Å². The van der Waals surface area contributed by atoms with Crippen LogP contribution in [0.3, 0.4) is 0 Å². The number of anilines is 11. The highest BCUT2D eigenvalue weighted by Gasteiger charge is 2.30. The van der Waals surface area contributed by atoms with Crippen LogP contribution in [0.4, 0.5) is 82.7 Å². The summed E-state index contributed by atoms with van der Waals surface area (Å²) < 4.78 is 90.7. The molecule has 150 heavy (non-hydrogen) atoms. The van der Waals surface area contributed by atoms with Crippen LogP contribution < -0.4 is 67.3 Å². The van der Waals surface area contributed by atoms with Gasteiger partial charge in [0.2, 0.25) is 17.8 Å². The van der Waals surface area contributed by atoms with E-state index in [1.807, 2.05) is 162 Å². The Morgan fingerprint density at radius 3 is 1.08 bits per heavy atom. The first-order valence-electron chi connectivity index (χ1n) is 46.8. The standard InChI is InChI=1S/C29H34N8O4.C27H27N7O3S.C26H26ClN5O3S.C24H25N7O3S/c1-29(2,3)23-15-24(34-28(41)33-20-8-11-22-19(14-20)12-13-32-22)37(35-23)21-9-6-18(7-10-21)27(40)36(16-25(38)30-4)17-26(39)31-5;1-27(2,3)23-17-24(30-26(35)31-25-28-21-11-7-8-12-22(21)29-25)34(32-23)19-13-15-20(16-14-19)38(36,37)33-18-9-5-4-6-10-18;1-26(2,3)23-17-24(29-25(33)28-19-11-9-18(27)10-12-19)32(30-23)21-13-15-22(16-14-21)36(34,35)31-20-7-5-4-6-8-20;1-24(2,3)20-15-22(28-23(32)27-21-13-14-25-16-26-21)31(29-20)18-9-11-19(12-10-18)35(33,34)30-17-7-5-4-6-8-17/h6-15,32H,16-17H2,1-5H3,(H,30,38)(H,31,39)(H2,33,34,41);4-17,33H,1-3H3,(H3,28,29,30,31,35);4-17,31H,1-3H3,(H2,28,29,33);4-16,30H,1-3H3,(H2,25,26,27,28,32). The summed E-state index contributed by atoms with van der Waals surface area (Å²) in [6, 6.07) is 79.9. The first kappa shape index (κ1) is 108. The third-order valence-electron chi connectivity index (χ3n) is 22.4. The van der Waals surface area contributed by atoms with Crippen molar-refractivity contribution in [2.75, 3.05) is 83.9 Å². The van der Waals surface area contributed by atoms with Gasteiger partial charge in [0, 0.05) is 122 Å². The van der Waals surface area contributed by atoms with Crippen LogP contribution in [-0.2, 0) is 61.3 Å². The van der Waals surface area contributed by atoms with Gasteiger partial charge in [0.15, 0.2) is 0 Å². The number of para-hydroxylation sites is 5. The van der Waals surface area contributed by atoms with E-state index in [2.05, 4.69) is 102 Å². The number of urea groups is 4. The highest BCUT2D eigenvalue weighted by molar-refractivity contribution is 7.93. The molecule has 0 saturated carbocycles. The van der Waals surface area contributed by atoms with Gasteiger partial charge in [-0.25, -0.2) is 78.1 Å². The predicted octanol–water partition coefficient (Wildman–Crippen LogP) is 19.4. The molecule has 0 aliphatic carbocycles. The first-order valence-corrected chi connectivity index (χ1v) is 51.7. The second-order valence-corrected chi connectivity index (χ2v) is 43.5. The SMILES string of the molecule is CC(C)(C)c1cc(NC(=O)Nc2ccc(Cl)cc2)n(-c2ccc(S(=O)(=O)Nc3ccccc3)cc2)n1.CC(C)(C)c1cc(NC(=O)Nc2ccncn2)n(-c2ccc(S(=O)(=O)Nc3ccccc3)cc2)n1.CC(C)(C)c1cc(NC(=O)Nc2nc3ccccc3[nH]2)n(-c2ccc(S(=O)(=O)Nc3ccccc3)cc2)n1.CNC(=O)CN(CC(=O)NC)C(=O)c1ccc(-n2nc(C(C)(C)C)cc2NC(=O)Nc2ccc3[nH]ccc3c2)cc1. The van der Waals surface area contributed by atoms with Gasteiger partial charge in [0.1, 0.15) is 48.5 Å². The van der Waals surface area contributed by atoms with E-state index in [1.54, 1.807) is 201 Å². The highest BCUT2D eigenvalue weighted by atomic mass is 35.5. The summed E-state index contributed by atoms with van der Waals surface area (Å²) >= 11 is 5.91. The van der Waals surface area contributed by atoms with Crippen LogP contribution in [0.2, 0.25) is 5.02 Å².